The van der Waals surface area contributed by atoms with Crippen molar-refractivity contribution >= 4 is 15.9 Å². The third kappa shape index (κ3) is 5.85. The predicted molar refractivity (Wildman–Crippen MR) is 152 cm³/mol. The quantitative estimate of drug-likeness (QED) is 0.197. The fraction of sp³-hybridized carbons (Fsp3) is 0.0625. The fourth-order valence-electron chi connectivity index (χ4n) is 4.07. The molecule has 198 valence electrons. The van der Waals surface area contributed by atoms with Crippen LogP contribution >= 0.6 is 0 Å². The summed E-state index contributed by atoms with van der Waals surface area (Å²) in [6, 6.07) is 30.9. The van der Waals surface area contributed by atoms with Gasteiger partial charge in [-0.3, -0.25) is 0 Å². The zero-order valence-corrected chi connectivity index (χ0v) is 22.3. The molecule has 0 aliphatic carbocycles. The van der Waals surface area contributed by atoms with Crippen LogP contribution in [0.5, 0.6) is 5.75 Å². The molecular formula is C32H24FN3O3S. The lowest BCUT2D eigenvalue weighted by atomic mass is 10.1. The zero-order chi connectivity index (χ0) is 28.1. The van der Waals surface area contributed by atoms with Crippen molar-refractivity contribution < 1.29 is 17.5 Å². The molecule has 0 saturated heterocycles. The van der Waals surface area contributed by atoms with Crippen LogP contribution in [0.1, 0.15) is 16.7 Å². The molecule has 0 radical (unpaired) electrons. The number of ether oxygens (including phenoxy) is 1. The molecule has 0 spiro atoms. The summed E-state index contributed by atoms with van der Waals surface area (Å²) < 4.78 is 47.5. The van der Waals surface area contributed by atoms with Crippen LogP contribution in [-0.4, -0.2) is 18.2 Å². The Balaban J connectivity index is 1.55. The molecule has 6 nitrogen and oxygen atoms in total. The van der Waals surface area contributed by atoms with E-state index in [0.29, 0.717) is 22.6 Å². The summed E-state index contributed by atoms with van der Waals surface area (Å²) in [5, 5.41) is 14.6. The molecule has 5 aromatic rings. The molecule has 0 N–H and O–H groups in total. The predicted octanol–water partition coefficient (Wildman–Crippen LogP) is 6.90. The van der Waals surface area contributed by atoms with Gasteiger partial charge < -0.3 is 4.74 Å². The summed E-state index contributed by atoms with van der Waals surface area (Å²) in [5.41, 5.74) is 4.09. The van der Waals surface area contributed by atoms with E-state index < -0.39 is 14.7 Å². The van der Waals surface area contributed by atoms with Crippen molar-refractivity contribution in [2.45, 2.75) is 18.4 Å². The SMILES string of the molecule is Cc1ccc(S(=O)(=O)C(C#N)=Cc2cn(-c3ccccc3)nc2-c2cccc(OCc3ccc(F)cc3)c2)cc1. The van der Waals surface area contributed by atoms with Gasteiger partial charge in [-0.05, 0) is 67.1 Å². The maximum atomic E-state index is 13.3. The van der Waals surface area contributed by atoms with Gasteiger partial charge in [0.25, 0.3) is 0 Å². The van der Waals surface area contributed by atoms with Crippen molar-refractivity contribution in [3.8, 4) is 28.8 Å². The zero-order valence-electron chi connectivity index (χ0n) is 21.5. The van der Waals surface area contributed by atoms with Gasteiger partial charge in [-0.1, -0.05) is 60.2 Å². The summed E-state index contributed by atoms with van der Waals surface area (Å²) in [7, 11) is -4.06. The molecule has 0 unspecified atom stereocenters. The Bertz CT molecular complexity index is 1820. The van der Waals surface area contributed by atoms with E-state index in [1.807, 2.05) is 49.4 Å². The lowest BCUT2D eigenvalue weighted by molar-refractivity contribution is 0.306. The third-order valence-corrected chi connectivity index (χ3v) is 7.89. The number of nitriles is 1. The minimum atomic E-state index is -4.06. The molecule has 1 heterocycles. The van der Waals surface area contributed by atoms with Crippen molar-refractivity contribution in [2.75, 3.05) is 0 Å². The maximum Gasteiger partial charge on any atom is 0.216 e. The van der Waals surface area contributed by atoms with Gasteiger partial charge in [-0.2, -0.15) is 10.4 Å². The number of hydrogen-bond donors (Lipinski definition) is 0. The van der Waals surface area contributed by atoms with Gasteiger partial charge in [0.15, 0.2) is 0 Å². The van der Waals surface area contributed by atoms with E-state index >= 15 is 0 Å². The lowest BCUT2D eigenvalue weighted by Crippen LogP contribution is -2.03. The highest BCUT2D eigenvalue weighted by molar-refractivity contribution is 7.95. The van der Waals surface area contributed by atoms with E-state index in [9.17, 15) is 18.1 Å². The molecule has 0 bridgehead atoms. The first kappa shape index (κ1) is 26.6. The van der Waals surface area contributed by atoms with Crippen LogP contribution in [0, 0.1) is 24.1 Å². The number of allylic oxidation sites excluding steroid dienone is 1. The Morgan fingerprint density at radius 2 is 1.70 bits per heavy atom. The summed E-state index contributed by atoms with van der Waals surface area (Å²) in [5.74, 6) is 0.236. The Labute approximate surface area is 232 Å². The smallest absolute Gasteiger partial charge is 0.216 e. The topological polar surface area (TPSA) is 85.0 Å². The van der Waals surface area contributed by atoms with E-state index in [4.69, 9.17) is 9.84 Å². The highest BCUT2D eigenvalue weighted by Crippen LogP contribution is 2.30. The van der Waals surface area contributed by atoms with Crippen molar-refractivity contribution in [3.63, 3.8) is 0 Å². The van der Waals surface area contributed by atoms with Gasteiger partial charge >= 0.3 is 0 Å². The summed E-state index contributed by atoms with van der Waals surface area (Å²) >= 11 is 0. The number of hydrogen-bond acceptors (Lipinski definition) is 5. The summed E-state index contributed by atoms with van der Waals surface area (Å²) in [6.45, 7) is 2.10. The fourth-order valence-corrected chi connectivity index (χ4v) is 5.22. The molecule has 0 atom stereocenters. The second-order valence-electron chi connectivity index (χ2n) is 9.09. The minimum Gasteiger partial charge on any atom is -0.489 e. The Morgan fingerprint density at radius 1 is 0.975 bits per heavy atom. The van der Waals surface area contributed by atoms with Gasteiger partial charge in [0.2, 0.25) is 9.84 Å². The molecule has 0 saturated carbocycles. The van der Waals surface area contributed by atoms with Crippen LogP contribution in [-0.2, 0) is 16.4 Å². The van der Waals surface area contributed by atoms with Crippen molar-refractivity contribution in [3.05, 3.63) is 137 Å². The molecule has 0 aliphatic heterocycles. The summed E-state index contributed by atoms with van der Waals surface area (Å²) in [6.07, 6.45) is 3.04. The number of halogens is 1. The number of para-hydroxylation sites is 1. The molecular weight excluding hydrogens is 525 g/mol. The van der Waals surface area contributed by atoms with E-state index in [0.717, 1.165) is 16.8 Å². The van der Waals surface area contributed by atoms with Crippen LogP contribution in [0.2, 0.25) is 0 Å². The Kier molecular flexibility index (Phi) is 7.58. The first-order valence-corrected chi connectivity index (χ1v) is 13.9. The van der Waals surface area contributed by atoms with Crippen molar-refractivity contribution in [1.29, 1.82) is 5.26 Å². The highest BCUT2D eigenvalue weighted by atomic mass is 32.2. The molecule has 0 aliphatic rings. The van der Waals surface area contributed by atoms with E-state index in [-0.39, 0.29) is 17.3 Å². The maximum absolute atomic E-state index is 13.3. The van der Waals surface area contributed by atoms with E-state index in [1.165, 1.54) is 30.3 Å². The number of rotatable bonds is 8. The molecule has 5 rings (SSSR count). The van der Waals surface area contributed by atoms with Gasteiger partial charge in [0.1, 0.15) is 34.8 Å². The summed E-state index contributed by atoms with van der Waals surface area (Å²) in [4.78, 5) is -0.354. The molecule has 4 aromatic carbocycles. The molecule has 8 heteroatoms. The normalized spacial score (nSPS) is 11.7. The number of benzene rings is 4. The largest absolute Gasteiger partial charge is 0.489 e. The molecule has 40 heavy (non-hydrogen) atoms. The third-order valence-electron chi connectivity index (χ3n) is 6.21. The number of nitrogens with zero attached hydrogens (tertiary/aromatic N) is 3. The lowest BCUT2D eigenvalue weighted by Gasteiger charge is -2.08. The van der Waals surface area contributed by atoms with Crippen LogP contribution in [0.4, 0.5) is 4.39 Å². The monoisotopic (exact) mass is 549 g/mol. The molecule has 0 fully saturated rings. The van der Waals surface area contributed by atoms with Crippen LogP contribution in [0.25, 0.3) is 23.0 Å². The van der Waals surface area contributed by atoms with Crippen LogP contribution < -0.4 is 4.74 Å². The van der Waals surface area contributed by atoms with Gasteiger partial charge in [0.05, 0.1) is 10.6 Å². The average molecular weight is 550 g/mol. The van der Waals surface area contributed by atoms with Crippen LogP contribution in [0.3, 0.4) is 0 Å². The van der Waals surface area contributed by atoms with Crippen LogP contribution in [0.15, 0.2) is 119 Å². The first-order chi connectivity index (χ1) is 19.3. The number of aryl methyl sites for hydroxylation is 1. The highest BCUT2D eigenvalue weighted by Gasteiger charge is 2.22. The van der Waals surface area contributed by atoms with E-state index in [1.54, 1.807) is 53.3 Å². The van der Waals surface area contributed by atoms with Gasteiger partial charge in [0, 0.05) is 17.3 Å². The van der Waals surface area contributed by atoms with Gasteiger partial charge in [-0.25, -0.2) is 17.5 Å². The van der Waals surface area contributed by atoms with Crippen molar-refractivity contribution in [1.82, 2.24) is 9.78 Å². The van der Waals surface area contributed by atoms with E-state index in [2.05, 4.69) is 0 Å². The second kappa shape index (κ2) is 11.4. The van der Waals surface area contributed by atoms with Gasteiger partial charge in [-0.15, -0.1) is 0 Å². The standard InChI is InChI=1S/C32H24FN3O3S/c1-23-10-16-30(17-11-23)40(37,38)31(20-34)19-26-21-36(28-7-3-2-4-8-28)35-32(26)25-6-5-9-29(18-25)39-22-24-12-14-27(33)15-13-24/h2-19,21H,22H2,1H3. The number of sulfone groups is 1. The first-order valence-electron chi connectivity index (χ1n) is 12.4. The average Bonchev–Trinajstić information content (AvgIpc) is 3.40. The molecule has 1 aromatic heterocycles. The molecule has 0 amide bonds. The minimum absolute atomic E-state index is 0.0408. The second-order valence-corrected chi connectivity index (χ2v) is 11.0. The van der Waals surface area contributed by atoms with Crippen molar-refractivity contribution in [2.24, 2.45) is 0 Å². The Hall–Kier alpha value is -5.00. The number of aromatic nitrogens is 2. The Morgan fingerprint density at radius 3 is 2.40 bits per heavy atom.